The first kappa shape index (κ1) is 19.3. The molecule has 126 valence electrons. The SMILES string of the molecule is CC.Cc1ccc2c(c1)CCCCC(C)(C)CCCC2(C)C. The molecule has 0 aliphatic heterocycles. The monoisotopic (exact) mass is 302 g/mol. The third kappa shape index (κ3) is 5.45. The highest BCUT2D eigenvalue weighted by Gasteiger charge is 2.26. The van der Waals surface area contributed by atoms with Gasteiger partial charge >= 0.3 is 0 Å². The molecule has 22 heavy (non-hydrogen) atoms. The molecule has 0 spiro atoms. The van der Waals surface area contributed by atoms with Crippen molar-refractivity contribution in [1.82, 2.24) is 0 Å². The van der Waals surface area contributed by atoms with Crippen LogP contribution in [-0.4, -0.2) is 0 Å². The normalized spacial score (nSPS) is 20.9. The summed E-state index contributed by atoms with van der Waals surface area (Å²) in [5.41, 5.74) is 5.47. The van der Waals surface area contributed by atoms with E-state index in [1.807, 2.05) is 13.8 Å². The van der Waals surface area contributed by atoms with E-state index in [1.54, 1.807) is 11.1 Å². The van der Waals surface area contributed by atoms with Crippen molar-refractivity contribution in [3.8, 4) is 0 Å². The lowest BCUT2D eigenvalue weighted by Crippen LogP contribution is -2.20. The lowest BCUT2D eigenvalue weighted by molar-refractivity contribution is 0.275. The quantitative estimate of drug-likeness (QED) is 0.474. The molecule has 0 heteroatoms. The molecule has 0 amide bonds. The molecule has 1 aliphatic carbocycles. The van der Waals surface area contributed by atoms with E-state index in [4.69, 9.17) is 0 Å². The average molecular weight is 303 g/mol. The van der Waals surface area contributed by atoms with Crippen molar-refractivity contribution in [2.24, 2.45) is 5.41 Å². The van der Waals surface area contributed by atoms with E-state index in [0.717, 1.165) is 0 Å². The zero-order valence-corrected chi connectivity index (χ0v) is 16.2. The third-order valence-corrected chi connectivity index (χ3v) is 5.19. The molecule has 0 unspecified atom stereocenters. The molecule has 0 saturated carbocycles. The average Bonchev–Trinajstić information content (AvgIpc) is 2.46. The predicted octanol–water partition coefficient (Wildman–Crippen LogP) is 7.22. The molecule has 0 aromatic heterocycles. The Morgan fingerprint density at radius 3 is 2.14 bits per heavy atom. The first-order valence-electron chi connectivity index (χ1n) is 9.40. The summed E-state index contributed by atoms with van der Waals surface area (Å²) in [4.78, 5) is 0. The summed E-state index contributed by atoms with van der Waals surface area (Å²) in [6.45, 7) is 16.0. The van der Waals surface area contributed by atoms with Crippen LogP contribution in [0.15, 0.2) is 18.2 Å². The topological polar surface area (TPSA) is 0 Å². The summed E-state index contributed by atoms with van der Waals surface area (Å²) >= 11 is 0. The van der Waals surface area contributed by atoms with Gasteiger partial charge in [-0.25, -0.2) is 0 Å². The Morgan fingerprint density at radius 1 is 0.818 bits per heavy atom. The molecule has 1 aliphatic rings. The highest BCUT2D eigenvalue weighted by atomic mass is 14.3. The van der Waals surface area contributed by atoms with Gasteiger partial charge in [-0.1, -0.05) is 78.1 Å². The molecule has 0 fully saturated rings. The Balaban J connectivity index is 0.00000116. The molecule has 0 bridgehead atoms. The van der Waals surface area contributed by atoms with Crippen LogP contribution in [0.5, 0.6) is 0 Å². The van der Waals surface area contributed by atoms with Gasteiger partial charge in [-0.05, 0) is 61.0 Å². The Bertz CT molecular complexity index is 451. The van der Waals surface area contributed by atoms with Gasteiger partial charge in [-0.15, -0.1) is 0 Å². The Morgan fingerprint density at radius 2 is 1.45 bits per heavy atom. The van der Waals surface area contributed by atoms with Gasteiger partial charge in [0, 0.05) is 0 Å². The van der Waals surface area contributed by atoms with Gasteiger partial charge in [0.05, 0.1) is 0 Å². The van der Waals surface area contributed by atoms with Gasteiger partial charge in [0.25, 0.3) is 0 Å². The molecule has 0 nitrogen and oxygen atoms in total. The van der Waals surface area contributed by atoms with Crippen molar-refractivity contribution in [3.63, 3.8) is 0 Å². The van der Waals surface area contributed by atoms with Crippen LogP contribution in [0, 0.1) is 12.3 Å². The lowest BCUT2D eigenvalue weighted by atomic mass is 9.75. The van der Waals surface area contributed by atoms with Crippen LogP contribution < -0.4 is 0 Å². The van der Waals surface area contributed by atoms with Crippen LogP contribution in [0.4, 0.5) is 0 Å². The number of aryl methyl sites for hydroxylation is 2. The van der Waals surface area contributed by atoms with E-state index in [1.165, 1.54) is 50.5 Å². The smallest absolute Gasteiger partial charge is 0.0101 e. The van der Waals surface area contributed by atoms with Crippen LogP contribution in [0.1, 0.15) is 96.8 Å². The molecule has 0 N–H and O–H groups in total. The van der Waals surface area contributed by atoms with E-state index < -0.39 is 0 Å². The molecule has 1 aromatic carbocycles. The summed E-state index contributed by atoms with van der Waals surface area (Å²) in [6.07, 6.45) is 9.40. The van der Waals surface area contributed by atoms with Crippen LogP contribution >= 0.6 is 0 Å². The first-order chi connectivity index (χ1) is 10.3. The second-order valence-electron chi connectivity index (χ2n) is 8.27. The van der Waals surface area contributed by atoms with E-state index in [-0.39, 0.29) is 0 Å². The molecule has 2 rings (SSSR count). The maximum absolute atomic E-state index is 2.45. The van der Waals surface area contributed by atoms with Crippen molar-refractivity contribution in [2.75, 3.05) is 0 Å². The third-order valence-electron chi connectivity index (χ3n) is 5.19. The maximum atomic E-state index is 2.45. The Kier molecular flexibility index (Phi) is 7.16. The second-order valence-corrected chi connectivity index (χ2v) is 8.27. The zero-order valence-electron chi connectivity index (χ0n) is 16.2. The van der Waals surface area contributed by atoms with Gasteiger partial charge in [0.1, 0.15) is 0 Å². The fourth-order valence-electron chi connectivity index (χ4n) is 3.78. The molecule has 0 heterocycles. The predicted molar refractivity (Wildman–Crippen MR) is 101 cm³/mol. The highest BCUT2D eigenvalue weighted by Crippen LogP contribution is 2.37. The maximum Gasteiger partial charge on any atom is -0.0101 e. The van der Waals surface area contributed by atoms with Crippen molar-refractivity contribution in [3.05, 3.63) is 34.9 Å². The minimum atomic E-state index is 0.323. The minimum Gasteiger partial charge on any atom is -0.0683 e. The number of fused-ring (bicyclic) bond motifs is 1. The van der Waals surface area contributed by atoms with Gasteiger partial charge in [-0.2, -0.15) is 0 Å². The molecular formula is C22H38. The summed E-state index contributed by atoms with van der Waals surface area (Å²) in [7, 11) is 0. The van der Waals surface area contributed by atoms with Crippen LogP contribution in [0.2, 0.25) is 0 Å². The fourth-order valence-corrected chi connectivity index (χ4v) is 3.78. The highest BCUT2D eigenvalue weighted by molar-refractivity contribution is 5.36. The first-order valence-corrected chi connectivity index (χ1v) is 9.40. The van der Waals surface area contributed by atoms with Crippen LogP contribution in [0.3, 0.4) is 0 Å². The minimum absolute atomic E-state index is 0.323. The number of benzene rings is 1. The molecular weight excluding hydrogens is 264 g/mol. The summed E-state index contributed by atoms with van der Waals surface area (Å²) in [6, 6.07) is 7.12. The fraction of sp³-hybridized carbons (Fsp3) is 0.727. The Hall–Kier alpha value is -0.780. The lowest BCUT2D eigenvalue weighted by Gasteiger charge is -2.30. The molecule has 0 atom stereocenters. The standard InChI is InChI=1S/C20H32.C2H6/c1-16-10-11-18-17(15-16)9-6-7-12-19(2,3)13-8-14-20(18,4)5;1-2/h10-11,15H,6-9,12-14H2,1-5H3;1-2H3. The van der Waals surface area contributed by atoms with E-state index >= 15 is 0 Å². The largest absolute Gasteiger partial charge is 0.0683 e. The molecule has 0 saturated heterocycles. The van der Waals surface area contributed by atoms with Crippen molar-refractivity contribution in [2.45, 2.75) is 98.8 Å². The number of hydrogen-bond acceptors (Lipinski definition) is 0. The van der Waals surface area contributed by atoms with Gasteiger partial charge in [-0.3, -0.25) is 0 Å². The zero-order chi connectivity index (χ0) is 16.8. The summed E-state index contributed by atoms with van der Waals surface area (Å²) in [5, 5.41) is 0. The molecule has 1 aromatic rings. The summed E-state index contributed by atoms with van der Waals surface area (Å²) < 4.78 is 0. The van der Waals surface area contributed by atoms with Crippen LogP contribution in [0.25, 0.3) is 0 Å². The van der Waals surface area contributed by atoms with Crippen molar-refractivity contribution >= 4 is 0 Å². The number of rotatable bonds is 0. The van der Waals surface area contributed by atoms with Crippen molar-refractivity contribution < 1.29 is 0 Å². The van der Waals surface area contributed by atoms with Crippen molar-refractivity contribution in [1.29, 1.82) is 0 Å². The van der Waals surface area contributed by atoms with Gasteiger partial charge in [0.2, 0.25) is 0 Å². The van der Waals surface area contributed by atoms with Gasteiger partial charge < -0.3 is 0 Å². The van der Waals surface area contributed by atoms with E-state index in [9.17, 15) is 0 Å². The van der Waals surface area contributed by atoms with Gasteiger partial charge in [0.15, 0.2) is 0 Å². The summed E-state index contributed by atoms with van der Waals surface area (Å²) in [5.74, 6) is 0. The van der Waals surface area contributed by atoms with E-state index in [0.29, 0.717) is 10.8 Å². The second kappa shape index (κ2) is 8.18. The van der Waals surface area contributed by atoms with E-state index in [2.05, 4.69) is 52.8 Å². The van der Waals surface area contributed by atoms with Crippen LogP contribution in [-0.2, 0) is 11.8 Å². The molecule has 0 radical (unpaired) electrons. The Labute approximate surface area is 139 Å². The number of hydrogen-bond donors (Lipinski definition) is 0.